The standard InChI is InChI=1S/C14H9Br2ClN2O/c15-9-6-10-14(12(16)13(9)18)19-11(20-10)5-7-1-3-8(17)4-2-7/h1-4,6H,5,18H2. The number of aromatic nitrogens is 1. The number of halogens is 3. The fourth-order valence-electron chi connectivity index (χ4n) is 1.91. The Labute approximate surface area is 137 Å². The van der Waals surface area contributed by atoms with Crippen LogP contribution in [0.5, 0.6) is 0 Å². The van der Waals surface area contributed by atoms with Gasteiger partial charge >= 0.3 is 0 Å². The summed E-state index contributed by atoms with van der Waals surface area (Å²) in [6.45, 7) is 0. The number of rotatable bonds is 2. The van der Waals surface area contributed by atoms with Gasteiger partial charge in [-0.25, -0.2) is 4.98 Å². The number of benzene rings is 2. The monoisotopic (exact) mass is 414 g/mol. The molecule has 2 aromatic carbocycles. The Hall–Kier alpha value is -1.04. The van der Waals surface area contributed by atoms with Crippen molar-refractivity contribution in [1.29, 1.82) is 0 Å². The highest BCUT2D eigenvalue weighted by Gasteiger charge is 2.14. The molecule has 0 fully saturated rings. The Morgan fingerprint density at radius 1 is 1.20 bits per heavy atom. The van der Waals surface area contributed by atoms with Crippen LogP contribution in [0.4, 0.5) is 5.69 Å². The van der Waals surface area contributed by atoms with E-state index in [2.05, 4.69) is 36.8 Å². The van der Waals surface area contributed by atoms with Gasteiger partial charge in [-0.1, -0.05) is 23.7 Å². The van der Waals surface area contributed by atoms with Crippen LogP contribution >= 0.6 is 43.5 Å². The van der Waals surface area contributed by atoms with Crippen molar-refractivity contribution in [2.45, 2.75) is 6.42 Å². The highest BCUT2D eigenvalue weighted by atomic mass is 79.9. The molecule has 0 aliphatic rings. The summed E-state index contributed by atoms with van der Waals surface area (Å²) in [6.07, 6.45) is 0.607. The van der Waals surface area contributed by atoms with E-state index < -0.39 is 0 Å². The third kappa shape index (κ3) is 2.57. The van der Waals surface area contributed by atoms with E-state index in [-0.39, 0.29) is 0 Å². The van der Waals surface area contributed by atoms with E-state index in [0.717, 1.165) is 20.0 Å². The maximum absolute atomic E-state index is 5.94. The molecule has 0 saturated heterocycles. The molecule has 0 spiro atoms. The van der Waals surface area contributed by atoms with Gasteiger partial charge in [0.1, 0.15) is 5.52 Å². The summed E-state index contributed by atoms with van der Waals surface area (Å²) in [4.78, 5) is 4.48. The number of hydrogen-bond acceptors (Lipinski definition) is 3. The van der Waals surface area contributed by atoms with Gasteiger partial charge in [0, 0.05) is 15.9 Å². The second-order valence-corrected chi connectivity index (χ2v) is 6.43. The molecule has 1 heterocycles. The molecule has 0 atom stereocenters. The van der Waals surface area contributed by atoms with Crippen molar-refractivity contribution in [1.82, 2.24) is 4.98 Å². The number of hydrogen-bond donors (Lipinski definition) is 1. The molecule has 2 N–H and O–H groups in total. The summed E-state index contributed by atoms with van der Waals surface area (Å²) in [5.74, 6) is 0.639. The number of oxazole rings is 1. The lowest BCUT2D eigenvalue weighted by molar-refractivity contribution is 0.544. The molecule has 6 heteroatoms. The van der Waals surface area contributed by atoms with Crippen molar-refractivity contribution in [3.63, 3.8) is 0 Å². The van der Waals surface area contributed by atoms with Crippen LogP contribution in [0.1, 0.15) is 11.5 Å². The van der Waals surface area contributed by atoms with Crippen molar-refractivity contribution in [2.75, 3.05) is 5.73 Å². The first-order valence-corrected chi connectivity index (χ1v) is 7.78. The predicted octanol–water partition coefficient (Wildman–Crippen LogP) is 5.18. The number of fused-ring (bicyclic) bond motifs is 1. The van der Waals surface area contributed by atoms with Crippen LogP contribution in [0, 0.1) is 0 Å². The van der Waals surface area contributed by atoms with Gasteiger partial charge in [0.25, 0.3) is 0 Å². The number of nitrogens with two attached hydrogens (primary N) is 1. The normalized spacial score (nSPS) is 11.2. The number of anilines is 1. The summed E-state index contributed by atoms with van der Waals surface area (Å²) in [6, 6.07) is 9.44. The Morgan fingerprint density at radius 3 is 2.60 bits per heavy atom. The minimum Gasteiger partial charge on any atom is -0.440 e. The SMILES string of the molecule is Nc1c(Br)cc2oc(Cc3ccc(Cl)cc3)nc2c1Br. The van der Waals surface area contributed by atoms with Crippen LogP contribution in [0.15, 0.2) is 43.7 Å². The Kier molecular flexibility index (Phi) is 3.75. The van der Waals surface area contributed by atoms with E-state index >= 15 is 0 Å². The molecule has 102 valence electrons. The van der Waals surface area contributed by atoms with Gasteiger partial charge in [-0.05, 0) is 55.6 Å². The first kappa shape index (κ1) is 13.9. The molecule has 0 saturated carbocycles. The lowest BCUT2D eigenvalue weighted by Crippen LogP contribution is -1.89. The molecular formula is C14H9Br2ClN2O. The highest BCUT2D eigenvalue weighted by molar-refractivity contribution is 9.11. The van der Waals surface area contributed by atoms with E-state index in [9.17, 15) is 0 Å². The van der Waals surface area contributed by atoms with Crippen LogP contribution in [0.25, 0.3) is 11.1 Å². The van der Waals surface area contributed by atoms with E-state index in [0.29, 0.717) is 28.6 Å². The molecule has 0 aliphatic heterocycles. The maximum atomic E-state index is 5.94. The topological polar surface area (TPSA) is 52.0 Å². The molecule has 0 unspecified atom stereocenters. The van der Waals surface area contributed by atoms with Crippen LogP contribution in [-0.2, 0) is 6.42 Å². The fraction of sp³-hybridized carbons (Fsp3) is 0.0714. The lowest BCUT2D eigenvalue weighted by Gasteiger charge is -2.00. The molecule has 1 aromatic heterocycles. The Balaban J connectivity index is 2.01. The predicted molar refractivity (Wildman–Crippen MR) is 88.1 cm³/mol. The van der Waals surface area contributed by atoms with Gasteiger partial charge < -0.3 is 10.2 Å². The second kappa shape index (κ2) is 5.39. The Morgan fingerprint density at radius 2 is 1.90 bits per heavy atom. The fourth-order valence-corrected chi connectivity index (χ4v) is 3.21. The number of nitrogen functional groups attached to an aromatic ring is 1. The largest absolute Gasteiger partial charge is 0.440 e. The molecule has 0 amide bonds. The van der Waals surface area contributed by atoms with Gasteiger partial charge in [-0.2, -0.15) is 0 Å². The summed E-state index contributed by atoms with van der Waals surface area (Å²) in [7, 11) is 0. The average molecular weight is 417 g/mol. The van der Waals surface area contributed by atoms with E-state index in [1.165, 1.54) is 0 Å². The van der Waals surface area contributed by atoms with Crippen molar-refractivity contribution in [2.24, 2.45) is 0 Å². The smallest absolute Gasteiger partial charge is 0.199 e. The van der Waals surface area contributed by atoms with Gasteiger partial charge in [-0.15, -0.1) is 0 Å². The maximum Gasteiger partial charge on any atom is 0.199 e. The molecule has 3 nitrogen and oxygen atoms in total. The van der Waals surface area contributed by atoms with Crippen LogP contribution in [-0.4, -0.2) is 4.98 Å². The summed E-state index contributed by atoms with van der Waals surface area (Å²) in [5.41, 5.74) is 9.07. The van der Waals surface area contributed by atoms with Crippen LogP contribution in [0.3, 0.4) is 0 Å². The van der Waals surface area contributed by atoms with Gasteiger partial charge in [0.2, 0.25) is 0 Å². The van der Waals surface area contributed by atoms with Gasteiger partial charge in [-0.3, -0.25) is 0 Å². The van der Waals surface area contributed by atoms with E-state index in [1.807, 2.05) is 30.3 Å². The van der Waals surface area contributed by atoms with E-state index in [1.54, 1.807) is 0 Å². The zero-order chi connectivity index (χ0) is 14.3. The highest BCUT2D eigenvalue weighted by Crippen LogP contribution is 2.35. The molecule has 3 aromatic rings. The van der Waals surface area contributed by atoms with Crippen molar-refractivity contribution >= 4 is 60.2 Å². The molecular weight excluding hydrogens is 407 g/mol. The summed E-state index contributed by atoms with van der Waals surface area (Å²) in [5, 5.41) is 0.714. The van der Waals surface area contributed by atoms with Crippen LogP contribution < -0.4 is 5.73 Å². The average Bonchev–Trinajstić information content (AvgIpc) is 2.81. The summed E-state index contributed by atoms with van der Waals surface area (Å²) >= 11 is 12.7. The van der Waals surface area contributed by atoms with Crippen molar-refractivity contribution in [3.05, 3.63) is 55.8 Å². The second-order valence-electron chi connectivity index (χ2n) is 4.34. The third-order valence-electron chi connectivity index (χ3n) is 2.93. The molecule has 0 radical (unpaired) electrons. The third-order valence-corrected chi connectivity index (χ3v) is 4.64. The Bertz CT molecular complexity index is 784. The number of nitrogens with zero attached hydrogens (tertiary/aromatic N) is 1. The van der Waals surface area contributed by atoms with E-state index in [4.69, 9.17) is 21.8 Å². The molecule has 0 aliphatic carbocycles. The molecule has 3 rings (SSSR count). The van der Waals surface area contributed by atoms with Crippen molar-refractivity contribution < 1.29 is 4.42 Å². The zero-order valence-electron chi connectivity index (χ0n) is 10.2. The molecule has 0 bridgehead atoms. The minimum atomic E-state index is 0.607. The lowest BCUT2D eigenvalue weighted by atomic mass is 10.1. The van der Waals surface area contributed by atoms with Crippen molar-refractivity contribution in [3.8, 4) is 0 Å². The first-order chi connectivity index (χ1) is 9.54. The zero-order valence-corrected chi connectivity index (χ0v) is 14.1. The van der Waals surface area contributed by atoms with Gasteiger partial charge in [0.15, 0.2) is 11.5 Å². The van der Waals surface area contributed by atoms with Crippen LogP contribution in [0.2, 0.25) is 5.02 Å². The van der Waals surface area contributed by atoms with Gasteiger partial charge in [0.05, 0.1) is 10.2 Å². The molecule has 20 heavy (non-hydrogen) atoms. The minimum absolute atomic E-state index is 0.607. The first-order valence-electron chi connectivity index (χ1n) is 5.82. The quantitative estimate of drug-likeness (QED) is 0.586. The summed E-state index contributed by atoms with van der Waals surface area (Å²) < 4.78 is 7.29.